The number of fused-ring (bicyclic) bond motifs is 1. The quantitative estimate of drug-likeness (QED) is 0.427. The summed E-state index contributed by atoms with van der Waals surface area (Å²) in [6.45, 7) is 14.3. The summed E-state index contributed by atoms with van der Waals surface area (Å²) in [5.74, 6) is -1.59. The topological polar surface area (TPSA) is 98.7 Å². The van der Waals surface area contributed by atoms with Gasteiger partial charge in [-0.15, -0.1) is 11.8 Å². The van der Waals surface area contributed by atoms with Crippen molar-refractivity contribution in [1.82, 2.24) is 10.2 Å². The van der Waals surface area contributed by atoms with Gasteiger partial charge in [0.05, 0.1) is 29.2 Å². The average Bonchev–Trinajstić information content (AvgIpc) is 3.46. The lowest BCUT2D eigenvalue weighted by molar-refractivity contribution is -0.143. The predicted octanol–water partition coefficient (Wildman–Crippen LogP) is 4.45. The molecule has 3 aliphatic rings. The van der Waals surface area contributed by atoms with Gasteiger partial charge >= 0.3 is 0 Å². The summed E-state index contributed by atoms with van der Waals surface area (Å²) in [5, 5.41) is 16.8. The third-order valence-corrected chi connectivity index (χ3v) is 10.6. The van der Waals surface area contributed by atoms with Gasteiger partial charge in [0.25, 0.3) is 0 Å². The molecule has 7 atom stereocenters. The average molecular weight is 544 g/mol. The number of aliphatic hydroxyl groups is 1. The molecule has 3 amide bonds. The fraction of sp³-hybridized carbons (Fsp3) is 0.700. The van der Waals surface area contributed by atoms with Crippen LogP contribution in [0, 0.1) is 23.2 Å². The Morgan fingerprint density at radius 3 is 2.39 bits per heavy atom. The number of carbonyl (C=O) groups is 3. The molecule has 2 bridgehead atoms. The van der Waals surface area contributed by atoms with Gasteiger partial charge in [-0.2, -0.15) is 0 Å². The van der Waals surface area contributed by atoms with Crippen molar-refractivity contribution < 1.29 is 19.5 Å². The van der Waals surface area contributed by atoms with Crippen LogP contribution in [0.5, 0.6) is 0 Å². The molecule has 0 aliphatic carbocycles. The second-order valence-electron chi connectivity index (χ2n) is 13.4. The van der Waals surface area contributed by atoms with Crippen LogP contribution in [0.3, 0.4) is 0 Å². The largest absolute Gasteiger partial charge is 0.394 e. The van der Waals surface area contributed by atoms with E-state index in [1.54, 1.807) is 16.7 Å². The summed E-state index contributed by atoms with van der Waals surface area (Å²) >= 11 is 1.66. The third-order valence-electron chi connectivity index (χ3n) is 8.61. The highest BCUT2D eigenvalue weighted by atomic mass is 32.2. The Morgan fingerprint density at radius 2 is 1.82 bits per heavy atom. The second-order valence-corrected chi connectivity index (χ2v) is 15.0. The first-order chi connectivity index (χ1) is 17.7. The number of nitrogens with zero attached hydrogens (tertiary/aromatic N) is 1. The molecule has 3 fully saturated rings. The molecule has 2 unspecified atom stereocenters. The molecule has 1 aromatic carbocycles. The van der Waals surface area contributed by atoms with Crippen LogP contribution in [0.1, 0.15) is 74.1 Å². The van der Waals surface area contributed by atoms with E-state index in [-0.39, 0.29) is 40.9 Å². The molecule has 3 N–H and O–H groups in total. The summed E-state index contributed by atoms with van der Waals surface area (Å²) < 4.78 is -0.677. The van der Waals surface area contributed by atoms with E-state index in [4.69, 9.17) is 0 Å². The number of carbonyl (C=O) groups excluding carboxylic acids is 3. The van der Waals surface area contributed by atoms with E-state index in [0.717, 1.165) is 19.3 Å². The molecule has 0 aromatic heterocycles. The molecule has 3 saturated heterocycles. The fourth-order valence-electron chi connectivity index (χ4n) is 7.38. The van der Waals surface area contributed by atoms with E-state index < -0.39 is 34.2 Å². The number of hydrogen-bond acceptors (Lipinski definition) is 5. The summed E-state index contributed by atoms with van der Waals surface area (Å²) in [6.07, 6.45) is 3.04. The van der Waals surface area contributed by atoms with Crippen LogP contribution in [0.2, 0.25) is 0 Å². The number of para-hydroxylation sites is 1. The molecule has 1 spiro atoms. The molecule has 3 aliphatic heterocycles. The Labute approximate surface area is 231 Å². The number of thioether (sulfide) groups is 1. The lowest BCUT2D eigenvalue weighted by Crippen LogP contribution is -2.61. The van der Waals surface area contributed by atoms with Crippen molar-refractivity contribution in [3.63, 3.8) is 0 Å². The maximum absolute atomic E-state index is 14.3. The lowest BCUT2D eigenvalue weighted by Gasteiger charge is -2.41. The van der Waals surface area contributed by atoms with Gasteiger partial charge in [0, 0.05) is 16.5 Å². The van der Waals surface area contributed by atoms with E-state index in [2.05, 4.69) is 31.4 Å². The molecule has 1 aromatic rings. The molecule has 8 heteroatoms. The minimum atomic E-state index is -0.727. The van der Waals surface area contributed by atoms with E-state index >= 15 is 0 Å². The van der Waals surface area contributed by atoms with Crippen molar-refractivity contribution in [2.75, 3.05) is 11.9 Å². The zero-order valence-electron chi connectivity index (χ0n) is 23.9. The molecular weight excluding hydrogens is 498 g/mol. The summed E-state index contributed by atoms with van der Waals surface area (Å²) in [4.78, 5) is 43.9. The van der Waals surface area contributed by atoms with Gasteiger partial charge in [-0.3, -0.25) is 14.4 Å². The number of benzene rings is 1. The fourth-order valence-corrected chi connectivity index (χ4v) is 9.59. The predicted molar refractivity (Wildman–Crippen MR) is 153 cm³/mol. The molecule has 0 radical (unpaired) electrons. The Balaban J connectivity index is 1.72. The Kier molecular flexibility index (Phi) is 7.99. The highest BCUT2D eigenvalue weighted by Gasteiger charge is 2.74. The van der Waals surface area contributed by atoms with Gasteiger partial charge < -0.3 is 20.6 Å². The van der Waals surface area contributed by atoms with Gasteiger partial charge in [-0.05, 0) is 56.6 Å². The zero-order valence-corrected chi connectivity index (χ0v) is 24.7. The molecule has 4 rings (SSSR count). The van der Waals surface area contributed by atoms with Crippen molar-refractivity contribution in [3.05, 3.63) is 30.3 Å². The standard InChI is InChI=1S/C30H45N3O4S/c1-8-18(2)20(16-34)33-24(26(36)32-29(6,7)17-28(3,4)5)30-15-14-21(38-30)22(23(30)27(33)37)25(35)31-19-12-10-9-11-13-19/h9-13,18,20-24,34H,8,14-17H2,1-7H3,(H,31,35)(H,32,36)/t18-,20-,21+,22-,23-,24?,30?/m0/s1. The zero-order chi connectivity index (χ0) is 28.0. The van der Waals surface area contributed by atoms with Crippen LogP contribution in [-0.2, 0) is 14.4 Å². The molecular formula is C30H45N3O4S. The molecule has 0 saturated carbocycles. The van der Waals surface area contributed by atoms with Crippen molar-refractivity contribution in [3.8, 4) is 0 Å². The Bertz CT molecular complexity index is 1060. The normalized spacial score (nSPS) is 30.2. The minimum Gasteiger partial charge on any atom is -0.394 e. The van der Waals surface area contributed by atoms with Crippen molar-refractivity contribution in [2.24, 2.45) is 23.2 Å². The maximum atomic E-state index is 14.3. The van der Waals surface area contributed by atoms with Crippen LogP contribution in [0.4, 0.5) is 5.69 Å². The minimum absolute atomic E-state index is 0.00826. The van der Waals surface area contributed by atoms with Crippen LogP contribution < -0.4 is 10.6 Å². The number of hydrogen-bond donors (Lipinski definition) is 3. The van der Waals surface area contributed by atoms with Crippen LogP contribution in [0.15, 0.2) is 30.3 Å². The van der Waals surface area contributed by atoms with Gasteiger partial charge in [0.1, 0.15) is 6.04 Å². The number of nitrogens with one attached hydrogen (secondary N) is 2. The smallest absolute Gasteiger partial charge is 0.244 e. The number of rotatable bonds is 9. The number of aliphatic hydroxyl groups excluding tert-OH is 1. The van der Waals surface area contributed by atoms with Gasteiger partial charge in [-0.25, -0.2) is 0 Å². The van der Waals surface area contributed by atoms with Gasteiger partial charge in [-0.1, -0.05) is 59.2 Å². The monoisotopic (exact) mass is 543 g/mol. The Hall–Kier alpha value is -2.06. The highest BCUT2D eigenvalue weighted by molar-refractivity contribution is 8.02. The van der Waals surface area contributed by atoms with Crippen molar-refractivity contribution in [2.45, 2.75) is 102 Å². The molecule has 38 heavy (non-hydrogen) atoms. The van der Waals surface area contributed by atoms with Gasteiger partial charge in [0.15, 0.2) is 0 Å². The van der Waals surface area contributed by atoms with E-state index in [0.29, 0.717) is 12.1 Å². The summed E-state index contributed by atoms with van der Waals surface area (Å²) in [5.41, 5.74) is 0.233. The van der Waals surface area contributed by atoms with E-state index in [1.807, 2.05) is 58.0 Å². The molecule has 3 heterocycles. The van der Waals surface area contributed by atoms with Gasteiger partial charge in [0.2, 0.25) is 17.7 Å². The first kappa shape index (κ1) is 28.9. The van der Waals surface area contributed by atoms with Crippen LogP contribution in [-0.4, -0.2) is 62.0 Å². The third kappa shape index (κ3) is 5.23. The first-order valence-electron chi connectivity index (χ1n) is 14.0. The Morgan fingerprint density at radius 1 is 1.16 bits per heavy atom. The lowest BCUT2D eigenvalue weighted by atomic mass is 9.70. The number of likely N-dealkylation sites (tertiary alicyclic amines) is 1. The second kappa shape index (κ2) is 10.5. The van der Waals surface area contributed by atoms with Crippen LogP contribution >= 0.6 is 11.8 Å². The molecule has 7 nitrogen and oxygen atoms in total. The number of anilines is 1. The van der Waals surface area contributed by atoms with Crippen molar-refractivity contribution in [1.29, 1.82) is 0 Å². The van der Waals surface area contributed by atoms with E-state index in [9.17, 15) is 19.5 Å². The van der Waals surface area contributed by atoms with E-state index in [1.165, 1.54) is 0 Å². The first-order valence-corrected chi connectivity index (χ1v) is 14.9. The highest BCUT2D eigenvalue weighted by Crippen LogP contribution is 2.67. The van der Waals surface area contributed by atoms with Crippen molar-refractivity contribution >= 4 is 35.2 Å². The SMILES string of the molecule is CC[C@H](C)[C@H](CO)N1C(=O)[C@@H]2[C@@H](C(=O)Nc3ccccc3)[C@H]3CCC2(S3)C1C(=O)NC(C)(C)CC(C)(C)C. The summed E-state index contributed by atoms with van der Waals surface area (Å²) in [6, 6.07) is 8.11. The van der Waals surface area contributed by atoms with Crippen LogP contribution in [0.25, 0.3) is 0 Å². The number of amides is 3. The maximum Gasteiger partial charge on any atom is 0.244 e. The molecule has 210 valence electrons. The summed E-state index contributed by atoms with van der Waals surface area (Å²) in [7, 11) is 0.